The molecule has 1 atom stereocenters. The minimum atomic E-state index is 0.326. The molecule has 5 heteroatoms. The van der Waals surface area contributed by atoms with Crippen molar-refractivity contribution in [3.63, 3.8) is 0 Å². The monoisotopic (exact) mass is 284 g/mol. The van der Waals surface area contributed by atoms with Crippen LogP contribution >= 0.6 is 27.5 Å². The second-order valence-electron chi connectivity index (χ2n) is 3.61. The lowest BCUT2D eigenvalue weighted by Crippen LogP contribution is -2.01. The van der Waals surface area contributed by atoms with Crippen molar-refractivity contribution in [2.24, 2.45) is 0 Å². The Bertz CT molecular complexity index is 505. The summed E-state index contributed by atoms with van der Waals surface area (Å²) in [7, 11) is 0. The largest absolute Gasteiger partial charge is 0.491 e. The van der Waals surface area contributed by atoms with E-state index in [0.29, 0.717) is 5.92 Å². The van der Waals surface area contributed by atoms with Crippen molar-refractivity contribution in [3.8, 4) is 5.75 Å². The topological polar surface area (TPSA) is 37.9 Å². The number of nitrogens with one attached hydrogen (secondary N) is 1. The van der Waals surface area contributed by atoms with Gasteiger partial charge in [-0.3, -0.25) is 0 Å². The van der Waals surface area contributed by atoms with Crippen LogP contribution < -0.4 is 4.74 Å². The second-order valence-corrected chi connectivity index (χ2v) is 5.24. The number of aryl methyl sites for hydroxylation is 1. The van der Waals surface area contributed by atoms with Gasteiger partial charge in [0.05, 0.1) is 16.2 Å². The molecule has 0 aliphatic carbocycles. The van der Waals surface area contributed by atoms with Gasteiger partial charge in [-0.2, -0.15) is 4.37 Å². The van der Waals surface area contributed by atoms with Gasteiger partial charge in [-0.1, -0.05) is 0 Å². The average Bonchev–Trinajstić information content (AvgIpc) is 2.84. The van der Waals surface area contributed by atoms with Crippen LogP contribution in [0.5, 0.6) is 5.75 Å². The summed E-state index contributed by atoms with van der Waals surface area (Å²) in [6, 6.07) is 2.13. The Kier molecular flexibility index (Phi) is 2.10. The maximum absolute atomic E-state index is 5.61. The minimum Gasteiger partial charge on any atom is -0.491 e. The Hall–Kier alpha value is -0.810. The first kappa shape index (κ1) is 9.42. The molecule has 2 aromatic heterocycles. The minimum absolute atomic E-state index is 0.326. The van der Waals surface area contributed by atoms with Crippen LogP contribution in [-0.4, -0.2) is 16.0 Å². The fourth-order valence-electron chi connectivity index (χ4n) is 1.87. The molecule has 3 rings (SSSR count). The van der Waals surface area contributed by atoms with Gasteiger partial charge in [0, 0.05) is 16.6 Å². The molecule has 3 nitrogen and oxygen atoms in total. The molecule has 0 radical (unpaired) electrons. The third kappa shape index (κ3) is 1.41. The molecule has 0 saturated carbocycles. The van der Waals surface area contributed by atoms with Crippen LogP contribution in [0.25, 0.3) is 0 Å². The lowest BCUT2D eigenvalue weighted by atomic mass is 10.0. The summed E-state index contributed by atoms with van der Waals surface area (Å²) in [5.41, 5.74) is 2.30. The van der Waals surface area contributed by atoms with Crippen molar-refractivity contribution in [2.45, 2.75) is 12.8 Å². The lowest BCUT2D eigenvalue weighted by Gasteiger charge is -2.04. The van der Waals surface area contributed by atoms with Gasteiger partial charge < -0.3 is 9.72 Å². The summed E-state index contributed by atoms with van der Waals surface area (Å²) in [6.45, 7) is 2.74. The van der Waals surface area contributed by atoms with Crippen LogP contribution in [0, 0.1) is 6.92 Å². The zero-order chi connectivity index (χ0) is 10.4. The maximum Gasteiger partial charge on any atom is 0.141 e. The van der Waals surface area contributed by atoms with Crippen LogP contribution in [-0.2, 0) is 0 Å². The smallest absolute Gasteiger partial charge is 0.141 e. The number of aromatic amines is 1. The first-order valence-electron chi connectivity index (χ1n) is 4.68. The highest BCUT2D eigenvalue weighted by molar-refractivity contribution is 9.10. The molecule has 15 heavy (non-hydrogen) atoms. The van der Waals surface area contributed by atoms with Crippen molar-refractivity contribution < 1.29 is 4.74 Å². The third-order valence-corrected chi connectivity index (χ3v) is 4.22. The van der Waals surface area contributed by atoms with E-state index in [-0.39, 0.29) is 0 Å². The SMILES string of the molecule is Cc1cc(C2COc3c[nH]c(Br)c32)sn1. The van der Waals surface area contributed by atoms with Gasteiger partial charge in [0.25, 0.3) is 0 Å². The normalized spacial score (nSPS) is 18.9. The van der Waals surface area contributed by atoms with Crippen molar-refractivity contribution in [1.29, 1.82) is 0 Å². The van der Waals surface area contributed by atoms with E-state index in [1.165, 1.54) is 10.4 Å². The molecule has 0 amide bonds. The van der Waals surface area contributed by atoms with Crippen molar-refractivity contribution >= 4 is 27.5 Å². The molecule has 1 aliphatic rings. The molecule has 0 spiro atoms. The Balaban J connectivity index is 2.06. The number of hydrogen-bond acceptors (Lipinski definition) is 3. The zero-order valence-electron chi connectivity index (χ0n) is 8.08. The van der Waals surface area contributed by atoms with Crippen LogP contribution in [0.15, 0.2) is 16.9 Å². The van der Waals surface area contributed by atoms with Crippen molar-refractivity contribution in [2.75, 3.05) is 6.61 Å². The molecule has 0 bridgehead atoms. The van der Waals surface area contributed by atoms with E-state index < -0.39 is 0 Å². The molecule has 0 fully saturated rings. The van der Waals surface area contributed by atoms with Gasteiger partial charge >= 0.3 is 0 Å². The number of halogens is 1. The Morgan fingerprint density at radius 2 is 2.53 bits per heavy atom. The highest BCUT2D eigenvalue weighted by Gasteiger charge is 2.30. The molecule has 1 unspecified atom stereocenters. The van der Waals surface area contributed by atoms with Gasteiger partial charge in [0.2, 0.25) is 0 Å². The van der Waals surface area contributed by atoms with Crippen molar-refractivity contribution in [1.82, 2.24) is 9.36 Å². The van der Waals surface area contributed by atoms with Gasteiger partial charge in [0.15, 0.2) is 0 Å². The molecule has 1 N–H and O–H groups in total. The van der Waals surface area contributed by atoms with E-state index >= 15 is 0 Å². The Morgan fingerprint density at radius 1 is 1.67 bits per heavy atom. The van der Waals surface area contributed by atoms with E-state index in [1.54, 1.807) is 11.5 Å². The predicted octanol–water partition coefficient (Wildman–Crippen LogP) is 3.07. The number of hydrogen-bond donors (Lipinski definition) is 1. The van der Waals surface area contributed by atoms with Crippen LogP contribution in [0.2, 0.25) is 0 Å². The molecule has 0 saturated heterocycles. The fourth-order valence-corrected chi connectivity index (χ4v) is 3.29. The first-order valence-corrected chi connectivity index (χ1v) is 6.25. The van der Waals surface area contributed by atoms with Crippen LogP contribution in [0.1, 0.15) is 22.1 Å². The van der Waals surface area contributed by atoms with E-state index in [2.05, 4.69) is 31.4 Å². The third-order valence-electron chi connectivity index (χ3n) is 2.58. The standard InChI is InChI=1S/C10H9BrN2OS/c1-5-2-8(15-13-5)6-4-14-7-3-12-10(11)9(6)7/h2-3,6,12H,4H2,1H3. The predicted molar refractivity (Wildman–Crippen MR) is 62.7 cm³/mol. The highest BCUT2D eigenvalue weighted by Crippen LogP contribution is 2.43. The summed E-state index contributed by atoms with van der Waals surface area (Å²) in [4.78, 5) is 4.39. The van der Waals surface area contributed by atoms with E-state index in [4.69, 9.17) is 4.74 Å². The van der Waals surface area contributed by atoms with E-state index in [9.17, 15) is 0 Å². The lowest BCUT2D eigenvalue weighted by molar-refractivity contribution is 0.343. The number of fused-ring (bicyclic) bond motifs is 1. The van der Waals surface area contributed by atoms with Gasteiger partial charge in [-0.15, -0.1) is 0 Å². The number of rotatable bonds is 1. The summed E-state index contributed by atoms with van der Waals surface area (Å²) in [6.07, 6.45) is 1.90. The Labute approximate surface area is 99.8 Å². The summed E-state index contributed by atoms with van der Waals surface area (Å²) < 4.78 is 10.9. The molecular formula is C10H9BrN2OS. The highest BCUT2D eigenvalue weighted by atomic mass is 79.9. The fraction of sp³-hybridized carbons (Fsp3) is 0.300. The van der Waals surface area contributed by atoms with Gasteiger partial charge in [-0.25, -0.2) is 0 Å². The van der Waals surface area contributed by atoms with Gasteiger partial charge in [-0.05, 0) is 40.5 Å². The Morgan fingerprint density at radius 3 is 3.27 bits per heavy atom. The summed E-state index contributed by atoms with van der Waals surface area (Å²) in [5.74, 6) is 1.28. The quantitative estimate of drug-likeness (QED) is 0.874. The number of nitrogens with zero attached hydrogens (tertiary/aromatic N) is 1. The molecule has 3 heterocycles. The first-order chi connectivity index (χ1) is 7.25. The zero-order valence-corrected chi connectivity index (χ0v) is 10.5. The maximum atomic E-state index is 5.61. The number of H-pyrrole nitrogens is 1. The molecule has 2 aromatic rings. The second kappa shape index (κ2) is 3.35. The van der Waals surface area contributed by atoms with E-state index in [1.807, 2.05) is 13.1 Å². The molecule has 78 valence electrons. The van der Waals surface area contributed by atoms with Crippen LogP contribution in [0.3, 0.4) is 0 Å². The molecule has 0 aromatic carbocycles. The molecular weight excluding hydrogens is 276 g/mol. The van der Waals surface area contributed by atoms with Gasteiger partial charge in [0.1, 0.15) is 12.4 Å². The van der Waals surface area contributed by atoms with Crippen LogP contribution in [0.4, 0.5) is 0 Å². The van der Waals surface area contributed by atoms with Crippen molar-refractivity contribution in [3.05, 3.63) is 33.0 Å². The number of aromatic nitrogens is 2. The average molecular weight is 285 g/mol. The number of ether oxygens (including phenoxy) is 1. The molecule has 1 aliphatic heterocycles. The summed E-state index contributed by atoms with van der Waals surface area (Å²) >= 11 is 5.07. The summed E-state index contributed by atoms with van der Waals surface area (Å²) in [5, 5.41) is 0. The van der Waals surface area contributed by atoms with E-state index in [0.717, 1.165) is 22.7 Å².